The molecule has 2 rings (SSSR count). The second-order valence-corrected chi connectivity index (χ2v) is 5.16. The summed E-state index contributed by atoms with van der Waals surface area (Å²) in [5.74, 6) is -1.43. The van der Waals surface area contributed by atoms with Gasteiger partial charge >= 0.3 is 5.97 Å². The third-order valence-corrected chi connectivity index (χ3v) is 3.53. The molecule has 1 aromatic carbocycles. The van der Waals surface area contributed by atoms with Crippen LogP contribution in [0.4, 0.5) is 0 Å². The third kappa shape index (κ3) is 2.57. The minimum atomic E-state index is -0.866. The van der Waals surface area contributed by atoms with E-state index in [2.05, 4.69) is 0 Å². The van der Waals surface area contributed by atoms with Gasteiger partial charge < -0.3 is 5.11 Å². The first-order valence-corrected chi connectivity index (χ1v) is 6.62. The van der Waals surface area contributed by atoms with Gasteiger partial charge in [-0.25, -0.2) is 0 Å². The van der Waals surface area contributed by atoms with Crippen molar-refractivity contribution in [2.45, 2.75) is 39.2 Å². The Morgan fingerprint density at radius 2 is 1.90 bits per heavy atom. The molecule has 1 aliphatic rings. The second-order valence-electron chi connectivity index (χ2n) is 5.16. The van der Waals surface area contributed by atoms with Crippen LogP contribution in [0, 0.1) is 6.92 Å². The third-order valence-electron chi connectivity index (χ3n) is 3.53. The Morgan fingerprint density at radius 3 is 2.55 bits per heavy atom. The molecule has 1 heterocycles. The fraction of sp³-hybridized carbons (Fsp3) is 0.400. The van der Waals surface area contributed by atoms with Crippen LogP contribution in [0.1, 0.15) is 52.5 Å². The van der Waals surface area contributed by atoms with E-state index in [-0.39, 0.29) is 24.3 Å². The van der Waals surface area contributed by atoms with Crippen LogP contribution >= 0.6 is 0 Å². The van der Waals surface area contributed by atoms with E-state index in [0.29, 0.717) is 24.0 Å². The van der Waals surface area contributed by atoms with Crippen molar-refractivity contribution < 1.29 is 19.5 Å². The highest BCUT2D eigenvalue weighted by Crippen LogP contribution is 2.27. The Bertz CT molecular complexity index is 579. The van der Waals surface area contributed by atoms with Crippen LogP contribution in [0.25, 0.3) is 0 Å². The quantitative estimate of drug-likeness (QED) is 0.836. The molecule has 5 nitrogen and oxygen atoms in total. The largest absolute Gasteiger partial charge is 0.481 e. The Balaban J connectivity index is 2.13. The van der Waals surface area contributed by atoms with Crippen LogP contribution < -0.4 is 0 Å². The number of carbonyl (C=O) groups is 3. The first kappa shape index (κ1) is 14.2. The normalized spacial score (nSPS) is 15.4. The average Bonchev–Trinajstić information content (AvgIpc) is 2.61. The molecule has 0 radical (unpaired) electrons. The number of benzene rings is 1. The molecule has 1 aliphatic heterocycles. The number of hydrogen-bond acceptors (Lipinski definition) is 3. The zero-order valence-electron chi connectivity index (χ0n) is 11.5. The zero-order valence-corrected chi connectivity index (χ0v) is 11.5. The van der Waals surface area contributed by atoms with Crippen molar-refractivity contribution in [3.05, 3.63) is 34.9 Å². The first-order valence-electron chi connectivity index (χ1n) is 6.62. The first-order chi connectivity index (χ1) is 9.41. The average molecular weight is 275 g/mol. The second kappa shape index (κ2) is 5.45. The van der Waals surface area contributed by atoms with Gasteiger partial charge in [0.2, 0.25) is 0 Å². The van der Waals surface area contributed by atoms with Crippen LogP contribution in [0.5, 0.6) is 0 Å². The van der Waals surface area contributed by atoms with Gasteiger partial charge in [-0.15, -0.1) is 0 Å². The van der Waals surface area contributed by atoms with Gasteiger partial charge in [0.05, 0.1) is 11.1 Å². The van der Waals surface area contributed by atoms with Crippen molar-refractivity contribution in [1.29, 1.82) is 0 Å². The lowest BCUT2D eigenvalue weighted by molar-refractivity contribution is -0.137. The number of rotatable bonds is 5. The van der Waals surface area contributed by atoms with Crippen LogP contribution in [0.15, 0.2) is 18.2 Å². The summed E-state index contributed by atoms with van der Waals surface area (Å²) in [6.07, 6.45) is 0.992. The van der Waals surface area contributed by atoms with E-state index in [1.54, 1.807) is 19.1 Å². The molecular formula is C15H17NO4. The minimum Gasteiger partial charge on any atom is -0.481 e. The van der Waals surface area contributed by atoms with E-state index in [4.69, 9.17) is 5.11 Å². The minimum absolute atomic E-state index is 0.0482. The van der Waals surface area contributed by atoms with Gasteiger partial charge in [-0.05, 0) is 38.8 Å². The summed E-state index contributed by atoms with van der Waals surface area (Å²) in [5.41, 5.74) is 1.82. The molecule has 0 saturated heterocycles. The van der Waals surface area contributed by atoms with E-state index < -0.39 is 5.97 Å². The van der Waals surface area contributed by atoms with Gasteiger partial charge in [0.25, 0.3) is 11.8 Å². The van der Waals surface area contributed by atoms with Gasteiger partial charge in [-0.1, -0.05) is 11.6 Å². The Labute approximate surface area is 117 Å². The number of aryl methyl sites for hydroxylation is 1. The standard InChI is InChI=1S/C15H17NO4/c1-9-6-7-11-12(8-9)15(20)16(14(11)19)10(2)4-3-5-13(17)18/h6-8,10H,3-5H2,1-2H3,(H,17,18). The van der Waals surface area contributed by atoms with Crippen molar-refractivity contribution in [3.8, 4) is 0 Å². The molecule has 2 amide bonds. The van der Waals surface area contributed by atoms with Crippen LogP contribution in [-0.4, -0.2) is 33.8 Å². The van der Waals surface area contributed by atoms with E-state index in [9.17, 15) is 14.4 Å². The molecule has 0 bridgehead atoms. The lowest BCUT2D eigenvalue weighted by atomic mass is 10.1. The number of imide groups is 1. The predicted octanol–water partition coefficient (Wildman–Crippen LogP) is 2.23. The SMILES string of the molecule is Cc1ccc2c(c1)C(=O)N(C(C)CCCC(=O)O)C2=O. The zero-order chi connectivity index (χ0) is 14.9. The summed E-state index contributed by atoms with van der Waals surface area (Å²) in [4.78, 5) is 36.3. The predicted molar refractivity (Wildman–Crippen MR) is 72.6 cm³/mol. The molecule has 0 fully saturated rings. The summed E-state index contributed by atoms with van der Waals surface area (Å²) >= 11 is 0. The highest BCUT2D eigenvalue weighted by atomic mass is 16.4. The Hall–Kier alpha value is -2.17. The molecule has 0 aromatic heterocycles. The molecule has 1 aromatic rings. The van der Waals surface area contributed by atoms with E-state index in [1.807, 2.05) is 13.0 Å². The molecular weight excluding hydrogens is 258 g/mol. The van der Waals surface area contributed by atoms with Crippen molar-refractivity contribution >= 4 is 17.8 Å². The topological polar surface area (TPSA) is 74.7 Å². The maximum atomic E-state index is 12.3. The number of amides is 2. The van der Waals surface area contributed by atoms with Crippen LogP contribution in [-0.2, 0) is 4.79 Å². The van der Waals surface area contributed by atoms with Gasteiger partial charge in [-0.2, -0.15) is 0 Å². The maximum Gasteiger partial charge on any atom is 0.303 e. The van der Waals surface area contributed by atoms with Gasteiger partial charge in [0.15, 0.2) is 0 Å². The van der Waals surface area contributed by atoms with E-state index in [0.717, 1.165) is 5.56 Å². The van der Waals surface area contributed by atoms with Crippen molar-refractivity contribution in [2.75, 3.05) is 0 Å². The summed E-state index contributed by atoms with van der Waals surface area (Å²) < 4.78 is 0. The number of hydrogen-bond donors (Lipinski definition) is 1. The van der Waals surface area contributed by atoms with E-state index >= 15 is 0 Å². The van der Waals surface area contributed by atoms with Crippen LogP contribution in [0.2, 0.25) is 0 Å². The smallest absolute Gasteiger partial charge is 0.303 e. The number of nitrogens with zero attached hydrogens (tertiary/aromatic N) is 1. The molecule has 1 atom stereocenters. The molecule has 106 valence electrons. The van der Waals surface area contributed by atoms with Gasteiger partial charge in [-0.3, -0.25) is 19.3 Å². The number of aliphatic carboxylic acids is 1. The van der Waals surface area contributed by atoms with E-state index in [1.165, 1.54) is 4.90 Å². The number of carboxylic acid groups (broad SMARTS) is 1. The Morgan fingerprint density at radius 1 is 1.25 bits per heavy atom. The van der Waals surface area contributed by atoms with Crippen LogP contribution in [0.3, 0.4) is 0 Å². The van der Waals surface area contributed by atoms with Crippen molar-refractivity contribution in [1.82, 2.24) is 4.90 Å². The molecule has 0 spiro atoms. The van der Waals surface area contributed by atoms with Gasteiger partial charge in [0, 0.05) is 12.5 Å². The Kier molecular flexibility index (Phi) is 3.88. The molecule has 20 heavy (non-hydrogen) atoms. The monoisotopic (exact) mass is 275 g/mol. The number of carboxylic acids is 1. The van der Waals surface area contributed by atoms with Crippen molar-refractivity contribution in [3.63, 3.8) is 0 Å². The maximum absolute atomic E-state index is 12.3. The summed E-state index contributed by atoms with van der Waals surface area (Å²) in [7, 11) is 0. The fourth-order valence-electron chi connectivity index (χ4n) is 2.45. The number of carbonyl (C=O) groups excluding carboxylic acids is 2. The molecule has 5 heteroatoms. The lowest BCUT2D eigenvalue weighted by Crippen LogP contribution is -2.38. The molecule has 0 aliphatic carbocycles. The lowest BCUT2D eigenvalue weighted by Gasteiger charge is -2.22. The molecule has 1 N–H and O–H groups in total. The summed E-state index contributed by atoms with van der Waals surface area (Å²) in [6, 6.07) is 4.92. The fourth-order valence-corrected chi connectivity index (χ4v) is 2.45. The molecule has 1 unspecified atom stereocenters. The highest BCUT2D eigenvalue weighted by Gasteiger charge is 2.38. The van der Waals surface area contributed by atoms with Crippen molar-refractivity contribution in [2.24, 2.45) is 0 Å². The number of fused-ring (bicyclic) bond motifs is 1. The summed E-state index contributed by atoms with van der Waals surface area (Å²) in [5, 5.41) is 8.62. The van der Waals surface area contributed by atoms with Gasteiger partial charge in [0.1, 0.15) is 0 Å². The summed E-state index contributed by atoms with van der Waals surface area (Å²) in [6.45, 7) is 3.65. The molecule has 0 saturated carbocycles. The highest BCUT2D eigenvalue weighted by molar-refractivity contribution is 6.21.